The molecular weight excluding hydrogens is 399 g/mol. The lowest BCUT2D eigenvalue weighted by Gasteiger charge is -2.13. The molecule has 3 rings (SSSR count). The number of aliphatic hydroxyl groups is 1. The number of halogens is 2. The fourth-order valence-electron chi connectivity index (χ4n) is 2.65. The van der Waals surface area contributed by atoms with Crippen LogP contribution in [0.25, 0.3) is 0 Å². The molecule has 11 heteroatoms. The number of nitrogens with one attached hydrogen (secondary N) is 4. The van der Waals surface area contributed by atoms with Crippen LogP contribution >= 0.6 is 12.4 Å². The van der Waals surface area contributed by atoms with Gasteiger partial charge in [-0.3, -0.25) is 9.52 Å². The van der Waals surface area contributed by atoms with Gasteiger partial charge in [0.15, 0.2) is 0 Å². The first-order valence-electron chi connectivity index (χ1n) is 7.99. The van der Waals surface area contributed by atoms with E-state index < -0.39 is 27.9 Å². The van der Waals surface area contributed by atoms with E-state index in [4.69, 9.17) is 0 Å². The third-order valence-electron chi connectivity index (χ3n) is 4.16. The van der Waals surface area contributed by atoms with Gasteiger partial charge in [0.1, 0.15) is 16.4 Å². The zero-order chi connectivity index (χ0) is 18.7. The largest absolute Gasteiger partial charge is 0.391 e. The number of amides is 1. The van der Waals surface area contributed by atoms with Gasteiger partial charge in [-0.25, -0.2) is 12.8 Å². The lowest BCUT2D eigenvalue weighted by molar-refractivity contribution is 0.0922. The highest BCUT2D eigenvalue weighted by Gasteiger charge is 2.26. The van der Waals surface area contributed by atoms with Crippen molar-refractivity contribution in [3.05, 3.63) is 48.0 Å². The molecule has 0 bridgehead atoms. The van der Waals surface area contributed by atoms with Crippen LogP contribution < -0.4 is 15.4 Å². The second-order valence-corrected chi connectivity index (χ2v) is 7.71. The normalized spacial score (nSPS) is 19.3. The molecule has 1 amide bonds. The number of aliphatic hydroxyl groups excluding tert-OH is 1. The van der Waals surface area contributed by atoms with Gasteiger partial charge in [-0.15, -0.1) is 12.4 Å². The Balaban J connectivity index is 0.00000261. The molecule has 0 radical (unpaired) electrons. The predicted octanol–water partition coefficient (Wildman–Crippen LogP) is 0.686. The van der Waals surface area contributed by atoms with Crippen LogP contribution in [-0.2, 0) is 10.0 Å². The molecule has 1 aliphatic heterocycles. The summed E-state index contributed by atoms with van der Waals surface area (Å²) in [6.07, 6.45) is 0.629. The van der Waals surface area contributed by atoms with Crippen LogP contribution in [-0.4, -0.2) is 50.2 Å². The third kappa shape index (κ3) is 4.98. The van der Waals surface area contributed by atoms with Gasteiger partial charge >= 0.3 is 0 Å². The number of hydrogen-bond donors (Lipinski definition) is 5. The Morgan fingerprint density at radius 1 is 1.30 bits per heavy atom. The highest BCUT2D eigenvalue weighted by atomic mass is 35.5. The van der Waals surface area contributed by atoms with E-state index in [-0.39, 0.29) is 41.1 Å². The van der Waals surface area contributed by atoms with E-state index in [1.165, 1.54) is 24.3 Å². The van der Waals surface area contributed by atoms with Gasteiger partial charge in [-0.2, -0.15) is 0 Å². The van der Waals surface area contributed by atoms with E-state index in [0.717, 1.165) is 12.3 Å². The third-order valence-corrected chi connectivity index (χ3v) is 5.50. The highest BCUT2D eigenvalue weighted by molar-refractivity contribution is 7.92. The van der Waals surface area contributed by atoms with Gasteiger partial charge in [0.25, 0.3) is 15.9 Å². The molecule has 2 heterocycles. The Morgan fingerprint density at radius 2 is 2.04 bits per heavy atom. The minimum atomic E-state index is -4.04. The van der Waals surface area contributed by atoms with Crippen LogP contribution in [0.15, 0.2) is 41.4 Å². The van der Waals surface area contributed by atoms with Crippen molar-refractivity contribution >= 4 is 34.0 Å². The number of sulfonamides is 1. The van der Waals surface area contributed by atoms with Gasteiger partial charge < -0.3 is 20.7 Å². The molecule has 1 saturated heterocycles. The first kappa shape index (κ1) is 21.2. The number of H-pyrrole nitrogens is 1. The van der Waals surface area contributed by atoms with Crippen LogP contribution in [0.4, 0.5) is 10.1 Å². The minimum absolute atomic E-state index is 0. The van der Waals surface area contributed by atoms with E-state index in [0.29, 0.717) is 13.1 Å². The summed E-state index contributed by atoms with van der Waals surface area (Å²) < 4.78 is 40.4. The highest BCUT2D eigenvalue weighted by Crippen LogP contribution is 2.19. The van der Waals surface area contributed by atoms with E-state index in [2.05, 4.69) is 20.3 Å². The second kappa shape index (κ2) is 8.70. The van der Waals surface area contributed by atoms with Crippen molar-refractivity contribution in [3.63, 3.8) is 0 Å². The summed E-state index contributed by atoms with van der Waals surface area (Å²) in [7, 11) is -4.04. The SMILES string of the molecule is Cl.O=C(NCC1CNCC1O)c1cc(S(=O)(=O)Nc2ccccc2F)c[nH]1. The lowest BCUT2D eigenvalue weighted by atomic mass is 10.1. The van der Waals surface area contributed by atoms with Crippen molar-refractivity contribution in [3.8, 4) is 0 Å². The van der Waals surface area contributed by atoms with Gasteiger partial charge in [0.2, 0.25) is 0 Å². The van der Waals surface area contributed by atoms with Crippen molar-refractivity contribution in [1.82, 2.24) is 15.6 Å². The fourth-order valence-corrected chi connectivity index (χ4v) is 3.71. The zero-order valence-electron chi connectivity index (χ0n) is 14.1. The number of carbonyl (C=O) groups is 1. The number of rotatable bonds is 6. The summed E-state index contributed by atoms with van der Waals surface area (Å²) in [4.78, 5) is 14.6. The Bertz CT molecular complexity index is 905. The predicted molar refractivity (Wildman–Crippen MR) is 99.9 cm³/mol. The monoisotopic (exact) mass is 418 g/mol. The van der Waals surface area contributed by atoms with Crippen molar-refractivity contribution in [2.45, 2.75) is 11.0 Å². The molecule has 2 unspecified atom stereocenters. The maximum Gasteiger partial charge on any atom is 0.267 e. The minimum Gasteiger partial charge on any atom is -0.391 e. The number of aromatic nitrogens is 1. The van der Waals surface area contributed by atoms with Crippen molar-refractivity contribution in [1.29, 1.82) is 0 Å². The Hall–Kier alpha value is -2.14. The maximum atomic E-state index is 13.6. The summed E-state index contributed by atoms with van der Waals surface area (Å²) in [5.41, 5.74) is -0.123. The number of hydrogen-bond acceptors (Lipinski definition) is 5. The number of carbonyl (C=O) groups excluding carboxylic acids is 1. The average molecular weight is 419 g/mol. The molecule has 1 aromatic carbocycles. The molecule has 148 valence electrons. The molecule has 0 saturated carbocycles. The maximum absolute atomic E-state index is 13.6. The number of benzene rings is 1. The van der Waals surface area contributed by atoms with Crippen molar-refractivity contribution < 1.29 is 22.7 Å². The molecule has 8 nitrogen and oxygen atoms in total. The van der Waals surface area contributed by atoms with Crippen LogP contribution in [0.5, 0.6) is 0 Å². The molecule has 2 aromatic rings. The van der Waals surface area contributed by atoms with Gasteiger partial charge in [-0.05, 0) is 18.2 Å². The molecule has 0 aliphatic carbocycles. The van der Waals surface area contributed by atoms with Crippen LogP contribution in [0.1, 0.15) is 10.5 Å². The smallest absolute Gasteiger partial charge is 0.267 e. The zero-order valence-corrected chi connectivity index (χ0v) is 15.7. The van der Waals surface area contributed by atoms with Gasteiger partial charge in [-0.1, -0.05) is 12.1 Å². The molecule has 27 heavy (non-hydrogen) atoms. The van der Waals surface area contributed by atoms with Crippen LogP contribution in [0, 0.1) is 11.7 Å². The first-order chi connectivity index (χ1) is 12.4. The molecular formula is C16H20ClFN4O4S. The summed E-state index contributed by atoms with van der Waals surface area (Å²) in [6.45, 7) is 1.34. The van der Waals surface area contributed by atoms with Gasteiger partial charge in [0.05, 0.1) is 11.8 Å². The topological polar surface area (TPSA) is 123 Å². The van der Waals surface area contributed by atoms with Crippen LogP contribution in [0.2, 0.25) is 0 Å². The summed E-state index contributed by atoms with van der Waals surface area (Å²) in [5.74, 6) is -1.29. The summed E-state index contributed by atoms with van der Waals surface area (Å²) in [5, 5.41) is 15.4. The van der Waals surface area contributed by atoms with Crippen molar-refractivity contribution in [2.75, 3.05) is 24.4 Å². The van der Waals surface area contributed by atoms with E-state index in [1.807, 2.05) is 0 Å². The number of aromatic amines is 1. The van der Waals surface area contributed by atoms with Gasteiger partial charge in [0, 0.05) is 31.7 Å². The quantitative estimate of drug-likeness (QED) is 0.472. The molecule has 1 fully saturated rings. The molecule has 0 spiro atoms. The standard InChI is InChI=1S/C16H19FN4O4S.ClH/c17-12-3-1-2-4-13(12)21-26(24,25)11-5-14(19-8-11)16(23)20-7-10-6-18-9-15(10)22;/h1-5,8,10,15,18-19,21-22H,6-7,9H2,(H,20,23);1H. The first-order valence-corrected chi connectivity index (χ1v) is 9.48. The summed E-state index contributed by atoms with van der Waals surface area (Å²) in [6, 6.07) is 6.56. The Morgan fingerprint density at radius 3 is 2.70 bits per heavy atom. The molecule has 1 aliphatic rings. The van der Waals surface area contributed by atoms with Crippen LogP contribution in [0.3, 0.4) is 0 Å². The molecule has 2 atom stereocenters. The average Bonchev–Trinajstić information content (AvgIpc) is 3.24. The lowest BCUT2D eigenvalue weighted by Crippen LogP contribution is -2.34. The number of para-hydroxylation sites is 1. The Labute approximate surface area is 162 Å². The van der Waals surface area contributed by atoms with E-state index >= 15 is 0 Å². The van der Waals surface area contributed by atoms with E-state index in [1.54, 1.807) is 0 Å². The molecule has 5 N–H and O–H groups in total. The Kier molecular flexibility index (Phi) is 6.82. The molecule has 1 aromatic heterocycles. The second-order valence-electron chi connectivity index (χ2n) is 6.03. The number of β-amino-alcohol motifs (C(OH)–C–C–N with tert-alkyl or cyclic N) is 1. The van der Waals surface area contributed by atoms with E-state index in [9.17, 15) is 22.7 Å². The summed E-state index contributed by atoms with van der Waals surface area (Å²) >= 11 is 0. The number of anilines is 1. The fraction of sp³-hybridized carbons (Fsp3) is 0.312. The van der Waals surface area contributed by atoms with Crippen molar-refractivity contribution in [2.24, 2.45) is 5.92 Å².